The lowest BCUT2D eigenvalue weighted by molar-refractivity contribution is -0.117. The largest absolute Gasteiger partial charge is 0.497 e. The van der Waals surface area contributed by atoms with Gasteiger partial charge in [-0.2, -0.15) is 0 Å². The van der Waals surface area contributed by atoms with Crippen LogP contribution in [-0.4, -0.2) is 13.0 Å². The van der Waals surface area contributed by atoms with Crippen LogP contribution in [0.25, 0.3) is 0 Å². The van der Waals surface area contributed by atoms with Crippen molar-refractivity contribution in [3.05, 3.63) is 58.9 Å². The highest BCUT2D eigenvalue weighted by Crippen LogP contribution is 2.37. The van der Waals surface area contributed by atoms with E-state index in [9.17, 15) is 9.18 Å². The van der Waals surface area contributed by atoms with Gasteiger partial charge in [-0.3, -0.25) is 4.79 Å². The zero-order valence-corrected chi connectivity index (χ0v) is 15.6. The fourth-order valence-electron chi connectivity index (χ4n) is 3.63. The molecule has 0 bridgehead atoms. The van der Waals surface area contributed by atoms with E-state index >= 15 is 0 Å². The quantitative estimate of drug-likeness (QED) is 0.718. The van der Waals surface area contributed by atoms with Gasteiger partial charge in [0.1, 0.15) is 11.6 Å². The van der Waals surface area contributed by atoms with Crippen molar-refractivity contribution in [2.75, 3.05) is 12.4 Å². The molecule has 1 aliphatic rings. The number of amides is 1. The minimum absolute atomic E-state index is 0.140. The second kappa shape index (κ2) is 8.54. The molecule has 0 aromatic heterocycles. The Labute approximate surface area is 158 Å². The van der Waals surface area contributed by atoms with Crippen LogP contribution in [0.1, 0.15) is 43.6 Å². The third-order valence-corrected chi connectivity index (χ3v) is 5.35. The highest BCUT2D eigenvalue weighted by molar-refractivity contribution is 6.30. The summed E-state index contributed by atoms with van der Waals surface area (Å²) in [6.07, 6.45) is 4.58. The fourth-order valence-corrected chi connectivity index (χ4v) is 3.79. The summed E-state index contributed by atoms with van der Waals surface area (Å²) in [5, 5.41) is 2.97. The Balaban J connectivity index is 1.49. The van der Waals surface area contributed by atoms with E-state index in [1.54, 1.807) is 13.2 Å². The van der Waals surface area contributed by atoms with E-state index in [0.29, 0.717) is 23.3 Å². The molecule has 2 aromatic rings. The number of hydrogen-bond donors (Lipinski definition) is 1. The maximum atomic E-state index is 13.8. The first kappa shape index (κ1) is 18.7. The molecule has 1 saturated carbocycles. The number of benzene rings is 2. The standard InChI is InChI=1S/C21H23ClFNO2/c1-26-18-9-6-16(7-10-18)15-4-2-14(3-5-15)12-21(25)24-20-11-8-17(22)13-19(20)23/h6-11,13-15H,2-5,12H2,1H3,(H,24,25)/t14-,15-. The zero-order valence-electron chi connectivity index (χ0n) is 14.8. The Morgan fingerprint density at radius 1 is 1.15 bits per heavy atom. The van der Waals surface area contributed by atoms with E-state index in [1.165, 1.54) is 17.7 Å². The first-order valence-electron chi connectivity index (χ1n) is 8.94. The second-order valence-electron chi connectivity index (χ2n) is 6.87. The molecule has 3 nitrogen and oxygen atoms in total. The predicted molar refractivity (Wildman–Crippen MR) is 102 cm³/mol. The van der Waals surface area contributed by atoms with Crippen LogP contribution in [0.15, 0.2) is 42.5 Å². The molecule has 1 aliphatic carbocycles. The summed E-state index contributed by atoms with van der Waals surface area (Å²) in [5.74, 6) is 1.11. The third kappa shape index (κ3) is 4.76. The molecule has 138 valence electrons. The minimum atomic E-state index is -0.505. The van der Waals surface area contributed by atoms with Crippen molar-refractivity contribution in [1.82, 2.24) is 0 Å². The molecule has 0 aliphatic heterocycles. The summed E-state index contributed by atoms with van der Waals surface area (Å²) in [6, 6.07) is 12.5. The molecule has 1 N–H and O–H groups in total. The summed E-state index contributed by atoms with van der Waals surface area (Å²) in [6.45, 7) is 0. The number of ether oxygens (including phenoxy) is 1. The van der Waals surface area contributed by atoms with Gasteiger partial charge in [0.05, 0.1) is 12.8 Å². The van der Waals surface area contributed by atoms with Gasteiger partial charge in [0.15, 0.2) is 0 Å². The van der Waals surface area contributed by atoms with Crippen LogP contribution in [0.4, 0.5) is 10.1 Å². The van der Waals surface area contributed by atoms with E-state index < -0.39 is 5.82 Å². The Bertz CT molecular complexity index is 755. The van der Waals surface area contributed by atoms with Crippen LogP contribution in [0, 0.1) is 11.7 Å². The van der Waals surface area contributed by atoms with Crippen molar-refractivity contribution < 1.29 is 13.9 Å². The second-order valence-corrected chi connectivity index (χ2v) is 7.30. The van der Waals surface area contributed by atoms with Crippen molar-refractivity contribution >= 4 is 23.2 Å². The monoisotopic (exact) mass is 375 g/mol. The van der Waals surface area contributed by atoms with E-state index in [1.807, 2.05) is 12.1 Å². The first-order chi connectivity index (χ1) is 12.5. The molecule has 0 saturated heterocycles. The van der Waals surface area contributed by atoms with Gasteiger partial charge < -0.3 is 10.1 Å². The molecule has 0 atom stereocenters. The molecule has 5 heteroatoms. The van der Waals surface area contributed by atoms with Crippen LogP contribution in [0.5, 0.6) is 5.75 Å². The van der Waals surface area contributed by atoms with E-state index in [2.05, 4.69) is 17.4 Å². The third-order valence-electron chi connectivity index (χ3n) is 5.11. The van der Waals surface area contributed by atoms with Crippen molar-refractivity contribution in [3.63, 3.8) is 0 Å². The summed E-state index contributed by atoms with van der Waals surface area (Å²) in [4.78, 5) is 12.2. The van der Waals surface area contributed by atoms with Gasteiger partial charge in [0.2, 0.25) is 5.91 Å². The Kier molecular flexibility index (Phi) is 6.15. The topological polar surface area (TPSA) is 38.3 Å². The molecule has 3 rings (SSSR count). The molecule has 0 radical (unpaired) electrons. The average Bonchev–Trinajstić information content (AvgIpc) is 2.65. The molecule has 0 spiro atoms. The average molecular weight is 376 g/mol. The number of anilines is 1. The van der Waals surface area contributed by atoms with Gasteiger partial charge >= 0.3 is 0 Å². The number of carbonyl (C=O) groups is 1. The molecular formula is C21H23ClFNO2. The Morgan fingerprint density at radius 3 is 2.46 bits per heavy atom. The van der Waals surface area contributed by atoms with Crippen molar-refractivity contribution in [2.24, 2.45) is 5.92 Å². The lowest BCUT2D eigenvalue weighted by atomic mass is 9.77. The van der Waals surface area contributed by atoms with Crippen LogP contribution < -0.4 is 10.1 Å². The maximum absolute atomic E-state index is 13.8. The van der Waals surface area contributed by atoms with Gasteiger partial charge in [0, 0.05) is 11.4 Å². The van der Waals surface area contributed by atoms with Crippen LogP contribution in [0.2, 0.25) is 5.02 Å². The maximum Gasteiger partial charge on any atom is 0.224 e. The molecule has 1 amide bonds. The fraction of sp³-hybridized carbons (Fsp3) is 0.381. The summed E-state index contributed by atoms with van der Waals surface area (Å²) in [7, 11) is 1.67. The summed E-state index contributed by atoms with van der Waals surface area (Å²) in [5.41, 5.74) is 1.52. The number of methoxy groups -OCH3 is 1. The van der Waals surface area contributed by atoms with Gasteiger partial charge in [-0.25, -0.2) is 4.39 Å². The molecule has 1 fully saturated rings. The molecule has 2 aromatic carbocycles. The smallest absolute Gasteiger partial charge is 0.224 e. The highest BCUT2D eigenvalue weighted by Gasteiger charge is 2.24. The van der Waals surface area contributed by atoms with Crippen LogP contribution in [-0.2, 0) is 4.79 Å². The van der Waals surface area contributed by atoms with Crippen LogP contribution >= 0.6 is 11.6 Å². The van der Waals surface area contributed by atoms with Crippen LogP contribution in [0.3, 0.4) is 0 Å². The molecule has 0 unspecified atom stereocenters. The number of nitrogens with one attached hydrogen (secondary N) is 1. The van der Waals surface area contributed by atoms with Gasteiger partial charge in [0.25, 0.3) is 0 Å². The minimum Gasteiger partial charge on any atom is -0.497 e. The normalized spacial score (nSPS) is 19.8. The van der Waals surface area contributed by atoms with Gasteiger partial charge in [-0.05, 0) is 73.4 Å². The highest BCUT2D eigenvalue weighted by atomic mass is 35.5. The molecule has 26 heavy (non-hydrogen) atoms. The number of halogens is 2. The lowest BCUT2D eigenvalue weighted by Crippen LogP contribution is -2.21. The molecule has 0 heterocycles. The Hall–Kier alpha value is -2.07. The number of carbonyl (C=O) groups excluding carboxylic acids is 1. The van der Waals surface area contributed by atoms with Crippen molar-refractivity contribution in [1.29, 1.82) is 0 Å². The Morgan fingerprint density at radius 2 is 1.85 bits per heavy atom. The van der Waals surface area contributed by atoms with Gasteiger partial charge in [-0.1, -0.05) is 23.7 Å². The summed E-state index contributed by atoms with van der Waals surface area (Å²) < 4.78 is 19.0. The SMILES string of the molecule is COc1ccc([C@H]2CC[C@H](CC(=O)Nc3ccc(Cl)cc3F)CC2)cc1. The summed E-state index contributed by atoms with van der Waals surface area (Å²) >= 11 is 5.73. The van der Waals surface area contributed by atoms with Crippen molar-refractivity contribution in [3.8, 4) is 5.75 Å². The molecular weight excluding hydrogens is 353 g/mol. The zero-order chi connectivity index (χ0) is 18.5. The lowest BCUT2D eigenvalue weighted by Gasteiger charge is -2.28. The van der Waals surface area contributed by atoms with Crippen molar-refractivity contribution in [2.45, 2.75) is 38.0 Å². The van der Waals surface area contributed by atoms with Gasteiger partial charge in [-0.15, -0.1) is 0 Å². The van der Waals surface area contributed by atoms with E-state index in [4.69, 9.17) is 16.3 Å². The number of rotatable bonds is 5. The first-order valence-corrected chi connectivity index (χ1v) is 9.32. The van der Waals surface area contributed by atoms with E-state index in [-0.39, 0.29) is 11.6 Å². The predicted octanol–water partition coefficient (Wildman–Crippen LogP) is 5.79. The number of hydrogen-bond acceptors (Lipinski definition) is 2. The van der Waals surface area contributed by atoms with E-state index in [0.717, 1.165) is 31.4 Å².